The van der Waals surface area contributed by atoms with Crippen LogP contribution < -0.4 is 16.0 Å². The third-order valence-electron chi connectivity index (χ3n) is 3.53. The predicted molar refractivity (Wildman–Crippen MR) is 108 cm³/mol. The van der Waals surface area contributed by atoms with Crippen LogP contribution in [0.5, 0.6) is 0 Å². The maximum Gasteiger partial charge on any atom is 0.416 e. The lowest BCUT2D eigenvalue weighted by atomic mass is 10.1. The molecule has 0 spiro atoms. The average Bonchev–Trinajstić information content (AvgIpc) is 2.56. The van der Waals surface area contributed by atoms with Crippen LogP contribution in [0, 0.1) is 5.92 Å². The molecule has 9 heteroatoms. The Balaban J connectivity index is 0.00000625. The fourth-order valence-electron chi connectivity index (χ4n) is 2.04. The van der Waals surface area contributed by atoms with E-state index in [1.165, 1.54) is 6.07 Å². The lowest BCUT2D eigenvalue weighted by molar-refractivity contribution is -0.137. The summed E-state index contributed by atoms with van der Waals surface area (Å²) < 4.78 is 38.4. The lowest BCUT2D eigenvalue weighted by Crippen LogP contribution is -2.42. The van der Waals surface area contributed by atoms with Gasteiger partial charge in [-0.3, -0.25) is 9.79 Å². The Morgan fingerprint density at radius 3 is 2.31 bits per heavy atom. The molecule has 0 radical (unpaired) electrons. The molecule has 0 bridgehead atoms. The summed E-state index contributed by atoms with van der Waals surface area (Å²) in [5.74, 6) is 0.323. The summed E-state index contributed by atoms with van der Waals surface area (Å²) in [6.07, 6.45) is -4.37. The highest BCUT2D eigenvalue weighted by Gasteiger charge is 2.30. The minimum absolute atomic E-state index is 0. The molecule has 0 saturated carbocycles. The predicted octanol–water partition coefficient (Wildman–Crippen LogP) is 3.32. The second-order valence-electron chi connectivity index (χ2n) is 5.93. The smallest absolute Gasteiger partial charge is 0.355 e. The first-order valence-electron chi connectivity index (χ1n) is 8.07. The van der Waals surface area contributed by atoms with Crippen molar-refractivity contribution in [1.82, 2.24) is 16.0 Å². The zero-order valence-corrected chi connectivity index (χ0v) is 17.6. The van der Waals surface area contributed by atoms with Crippen LogP contribution in [0.2, 0.25) is 0 Å². The number of carbonyl (C=O) groups is 1. The maximum atomic E-state index is 12.8. The number of benzene rings is 1. The third-order valence-corrected chi connectivity index (χ3v) is 3.53. The van der Waals surface area contributed by atoms with Crippen molar-refractivity contribution in [3.63, 3.8) is 0 Å². The molecule has 3 N–H and O–H groups in total. The number of hydrogen-bond acceptors (Lipinski definition) is 2. The number of carbonyl (C=O) groups excluding carboxylic acids is 1. The van der Waals surface area contributed by atoms with Crippen molar-refractivity contribution in [1.29, 1.82) is 0 Å². The fraction of sp³-hybridized carbons (Fsp3) is 0.529. The summed E-state index contributed by atoms with van der Waals surface area (Å²) >= 11 is 0. The highest BCUT2D eigenvalue weighted by molar-refractivity contribution is 14.0. The SMILES string of the molecule is CN=C(NCCNC(=O)C(C)C)NC(C)c1cccc(C(F)(F)F)c1.I. The topological polar surface area (TPSA) is 65.5 Å². The van der Waals surface area contributed by atoms with Crippen LogP contribution in [0.4, 0.5) is 13.2 Å². The van der Waals surface area contributed by atoms with Gasteiger partial charge in [-0.05, 0) is 24.6 Å². The van der Waals surface area contributed by atoms with E-state index in [0.717, 1.165) is 12.1 Å². The molecular formula is C17H26F3IN4O. The molecule has 5 nitrogen and oxygen atoms in total. The molecular weight excluding hydrogens is 460 g/mol. The number of rotatable bonds is 6. The molecule has 0 aromatic heterocycles. The van der Waals surface area contributed by atoms with Crippen LogP contribution in [0.25, 0.3) is 0 Å². The minimum atomic E-state index is -4.37. The van der Waals surface area contributed by atoms with Gasteiger partial charge in [-0.25, -0.2) is 0 Å². The van der Waals surface area contributed by atoms with Crippen LogP contribution >= 0.6 is 24.0 Å². The molecule has 0 fully saturated rings. The van der Waals surface area contributed by atoms with Gasteiger partial charge < -0.3 is 16.0 Å². The molecule has 1 aromatic carbocycles. The van der Waals surface area contributed by atoms with Crippen molar-refractivity contribution in [3.8, 4) is 0 Å². The molecule has 148 valence electrons. The van der Waals surface area contributed by atoms with Crippen LogP contribution in [0.1, 0.15) is 37.9 Å². The van der Waals surface area contributed by atoms with Gasteiger partial charge in [0.05, 0.1) is 11.6 Å². The Morgan fingerprint density at radius 1 is 1.15 bits per heavy atom. The summed E-state index contributed by atoms with van der Waals surface area (Å²) in [5, 5.41) is 8.80. The van der Waals surface area contributed by atoms with E-state index >= 15 is 0 Å². The van der Waals surface area contributed by atoms with Crippen molar-refractivity contribution in [2.45, 2.75) is 33.0 Å². The number of guanidine groups is 1. The lowest BCUT2D eigenvalue weighted by Gasteiger charge is -2.19. The Bertz CT molecular complexity index is 606. The number of nitrogens with one attached hydrogen (secondary N) is 3. The Morgan fingerprint density at radius 2 is 1.77 bits per heavy atom. The van der Waals surface area contributed by atoms with E-state index in [-0.39, 0.29) is 41.8 Å². The van der Waals surface area contributed by atoms with Gasteiger partial charge in [-0.15, -0.1) is 24.0 Å². The molecule has 0 aliphatic carbocycles. The number of amides is 1. The van der Waals surface area contributed by atoms with Crippen LogP contribution in [0.15, 0.2) is 29.3 Å². The van der Waals surface area contributed by atoms with Crippen molar-refractivity contribution in [2.24, 2.45) is 10.9 Å². The quantitative estimate of drug-likeness (QED) is 0.250. The summed E-state index contributed by atoms with van der Waals surface area (Å²) in [6.45, 7) is 6.24. The number of halogens is 4. The first-order valence-corrected chi connectivity index (χ1v) is 8.07. The van der Waals surface area contributed by atoms with Gasteiger partial charge in [0, 0.05) is 26.1 Å². The molecule has 26 heavy (non-hydrogen) atoms. The standard InChI is InChI=1S/C17H25F3N4O.HI/c1-11(2)15(25)22-8-9-23-16(21-4)24-12(3)13-6-5-7-14(10-13)17(18,19)20;/h5-7,10-12H,8-9H2,1-4H3,(H,22,25)(H2,21,23,24);1H. The summed E-state index contributed by atoms with van der Waals surface area (Å²) in [5.41, 5.74) is -0.177. The van der Waals surface area contributed by atoms with E-state index in [4.69, 9.17) is 0 Å². The molecule has 1 unspecified atom stereocenters. The van der Waals surface area contributed by atoms with E-state index in [1.54, 1.807) is 33.9 Å². The van der Waals surface area contributed by atoms with Gasteiger partial charge in [0.25, 0.3) is 0 Å². The zero-order valence-electron chi connectivity index (χ0n) is 15.3. The second kappa shape index (κ2) is 11.2. The zero-order chi connectivity index (χ0) is 19.0. The van der Waals surface area contributed by atoms with E-state index in [0.29, 0.717) is 24.6 Å². The normalized spacial score (nSPS) is 13.0. The van der Waals surface area contributed by atoms with Gasteiger partial charge >= 0.3 is 6.18 Å². The minimum Gasteiger partial charge on any atom is -0.355 e. The summed E-state index contributed by atoms with van der Waals surface area (Å²) in [7, 11) is 1.57. The average molecular weight is 486 g/mol. The van der Waals surface area contributed by atoms with Gasteiger partial charge in [-0.2, -0.15) is 13.2 Å². The van der Waals surface area contributed by atoms with Gasteiger partial charge in [0.15, 0.2) is 5.96 Å². The Kier molecular flexibility index (Phi) is 10.6. The number of alkyl halides is 3. The van der Waals surface area contributed by atoms with Crippen LogP contribution in [0.3, 0.4) is 0 Å². The summed E-state index contributed by atoms with van der Waals surface area (Å²) in [6, 6.07) is 4.81. The van der Waals surface area contributed by atoms with Crippen LogP contribution in [-0.2, 0) is 11.0 Å². The molecule has 1 aromatic rings. The van der Waals surface area contributed by atoms with E-state index in [2.05, 4.69) is 20.9 Å². The van der Waals surface area contributed by atoms with Gasteiger partial charge in [0.1, 0.15) is 0 Å². The molecule has 0 heterocycles. The molecule has 1 atom stereocenters. The monoisotopic (exact) mass is 486 g/mol. The Labute approximate surface area is 169 Å². The Hall–Kier alpha value is -1.52. The fourth-order valence-corrected chi connectivity index (χ4v) is 2.04. The van der Waals surface area contributed by atoms with Crippen LogP contribution in [-0.4, -0.2) is 32.0 Å². The van der Waals surface area contributed by atoms with E-state index in [1.807, 2.05) is 0 Å². The van der Waals surface area contributed by atoms with Crippen molar-refractivity contribution >= 4 is 35.8 Å². The third kappa shape index (κ3) is 8.24. The maximum absolute atomic E-state index is 12.8. The molecule has 0 aliphatic rings. The largest absolute Gasteiger partial charge is 0.416 e. The van der Waals surface area contributed by atoms with Gasteiger partial charge in [-0.1, -0.05) is 26.0 Å². The van der Waals surface area contributed by atoms with E-state index < -0.39 is 11.7 Å². The van der Waals surface area contributed by atoms with Gasteiger partial charge in [0.2, 0.25) is 5.91 Å². The first-order chi connectivity index (χ1) is 11.6. The molecule has 0 aliphatic heterocycles. The highest BCUT2D eigenvalue weighted by atomic mass is 127. The number of hydrogen-bond donors (Lipinski definition) is 3. The molecule has 0 saturated heterocycles. The van der Waals surface area contributed by atoms with Crippen molar-refractivity contribution in [2.75, 3.05) is 20.1 Å². The first kappa shape index (κ1) is 24.5. The van der Waals surface area contributed by atoms with E-state index in [9.17, 15) is 18.0 Å². The van der Waals surface area contributed by atoms with Crippen molar-refractivity contribution < 1.29 is 18.0 Å². The number of nitrogens with zero attached hydrogens (tertiary/aromatic N) is 1. The molecule has 1 amide bonds. The van der Waals surface area contributed by atoms with Crippen molar-refractivity contribution in [3.05, 3.63) is 35.4 Å². The summed E-state index contributed by atoms with van der Waals surface area (Å²) in [4.78, 5) is 15.5. The number of aliphatic imine (C=N–C) groups is 1. The molecule has 1 rings (SSSR count). The second-order valence-corrected chi connectivity index (χ2v) is 5.93. The highest BCUT2D eigenvalue weighted by Crippen LogP contribution is 2.30.